The van der Waals surface area contributed by atoms with Crippen LogP contribution in [-0.4, -0.2) is 18.4 Å². The fourth-order valence-corrected chi connectivity index (χ4v) is 2.39. The van der Waals surface area contributed by atoms with E-state index in [2.05, 4.69) is 14.7 Å². The molecule has 0 radical (unpaired) electrons. The van der Waals surface area contributed by atoms with Crippen molar-refractivity contribution >= 4 is 16.0 Å². The molecule has 1 heterocycles. The molecule has 2 N–H and O–H groups in total. The molecule has 0 aliphatic carbocycles. The zero-order valence-corrected chi connectivity index (χ0v) is 10.2. The minimum atomic E-state index is -3.55. The van der Waals surface area contributed by atoms with Gasteiger partial charge < -0.3 is 4.98 Å². The van der Waals surface area contributed by atoms with E-state index < -0.39 is 10.0 Å². The summed E-state index contributed by atoms with van der Waals surface area (Å²) in [5.74, 6) is 0.213. The second-order valence-electron chi connectivity index (χ2n) is 3.54. The first-order valence-corrected chi connectivity index (χ1v) is 6.71. The quantitative estimate of drug-likeness (QED) is 0.869. The van der Waals surface area contributed by atoms with Crippen LogP contribution in [0.4, 0.5) is 5.95 Å². The van der Waals surface area contributed by atoms with Crippen molar-refractivity contribution in [3.05, 3.63) is 42.2 Å². The molecule has 0 aliphatic heterocycles. The van der Waals surface area contributed by atoms with Gasteiger partial charge in [0.15, 0.2) is 0 Å². The first-order valence-electron chi connectivity index (χ1n) is 5.23. The summed E-state index contributed by atoms with van der Waals surface area (Å²) in [5, 5.41) is 0. The maximum absolute atomic E-state index is 11.9. The first kappa shape index (κ1) is 11.7. The molecule has 0 saturated carbocycles. The van der Waals surface area contributed by atoms with Gasteiger partial charge in [0.2, 0.25) is 5.95 Å². The lowest BCUT2D eigenvalue weighted by Gasteiger charge is -2.05. The molecule has 90 valence electrons. The monoisotopic (exact) mass is 251 g/mol. The van der Waals surface area contributed by atoms with Crippen molar-refractivity contribution in [1.82, 2.24) is 9.97 Å². The third-order valence-electron chi connectivity index (χ3n) is 2.37. The van der Waals surface area contributed by atoms with E-state index >= 15 is 0 Å². The van der Waals surface area contributed by atoms with Gasteiger partial charge in [0.05, 0.1) is 4.90 Å². The Morgan fingerprint density at radius 2 is 2.00 bits per heavy atom. The number of hydrogen-bond donors (Lipinski definition) is 2. The predicted octanol–water partition coefficient (Wildman–Crippen LogP) is 1.77. The van der Waals surface area contributed by atoms with E-state index in [0.717, 1.165) is 12.0 Å². The number of hydrogen-bond acceptors (Lipinski definition) is 3. The number of aryl methyl sites for hydroxylation is 1. The van der Waals surface area contributed by atoms with E-state index in [1.165, 1.54) is 6.20 Å². The molecule has 5 nitrogen and oxygen atoms in total. The zero-order valence-electron chi connectivity index (χ0n) is 9.34. The second kappa shape index (κ2) is 4.58. The predicted molar refractivity (Wildman–Crippen MR) is 65.2 cm³/mol. The van der Waals surface area contributed by atoms with Gasteiger partial charge in [0.25, 0.3) is 10.0 Å². The number of aromatic nitrogens is 2. The molecular formula is C11H13N3O2S. The van der Waals surface area contributed by atoms with Crippen molar-refractivity contribution < 1.29 is 8.42 Å². The minimum absolute atomic E-state index is 0.213. The lowest BCUT2D eigenvalue weighted by atomic mass is 10.2. The number of aromatic amines is 1. The van der Waals surface area contributed by atoms with E-state index in [0.29, 0.717) is 0 Å². The fraction of sp³-hybridized carbons (Fsp3) is 0.182. The summed E-state index contributed by atoms with van der Waals surface area (Å²) in [6.07, 6.45) is 3.92. The van der Waals surface area contributed by atoms with Crippen LogP contribution in [0.2, 0.25) is 0 Å². The van der Waals surface area contributed by atoms with E-state index in [9.17, 15) is 8.42 Å². The van der Waals surface area contributed by atoms with Gasteiger partial charge in [-0.05, 0) is 24.1 Å². The molecule has 0 saturated heterocycles. The Labute approximate surface area is 100.0 Å². The molecule has 0 unspecified atom stereocenters. The smallest absolute Gasteiger partial charge is 0.264 e. The molecule has 0 spiro atoms. The normalized spacial score (nSPS) is 11.4. The number of H-pyrrole nitrogens is 1. The summed E-state index contributed by atoms with van der Waals surface area (Å²) in [6.45, 7) is 2.02. The largest absolute Gasteiger partial charge is 0.330 e. The van der Waals surface area contributed by atoms with Crippen molar-refractivity contribution in [2.45, 2.75) is 18.2 Å². The van der Waals surface area contributed by atoms with Gasteiger partial charge in [-0.2, -0.15) is 0 Å². The number of sulfonamides is 1. The van der Waals surface area contributed by atoms with Crippen molar-refractivity contribution in [3.8, 4) is 0 Å². The number of anilines is 1. The highest BCUT2D eigenvalue weighted by molar-refractivity contribution is 7.92. The number of imidazole rings is 1. The van der Waals surface area contributed by atoms with Crippen molar-refractivity contribution in [2.24, 2.45) is 0 Å². The average Bonchev–Trinajstić information content (AvgIpc) is 2.81. The van der Waals surface area contributed by atoms with Crippen LogP contribution in [0, 0.1) is 0 Å². The summed E-state index contributed by atoms with van der Waals surface area (Å²) in [6, 6.07) is 6.78. The molecule has 6 heteroatoms. The lowest BCUT2D eigenvalue weighted by Crippen LogP contribution is -2.13. The molecular weight excluding hydrogens is 238 g/mol. The highest BCUT2D eigenvalue weighted by Crippen LogP contribution is 2.14. The summed E-state index contributed by atoms with van der Waals surface area (Å²) in [4.78, 5) is 6.73. The van der Waals surface area contributed by atoms with E-state index in [1.807, 2.05) is 6.92 Å². The van der Waals surface area contributed by atoms with Crippen LogP contribution in [0.15, 0.2) is 41.6 Å². The molecule has 1 aromatic carbocycles. The van der Waals surface area contributed by atoms with E-state index in [4.69, 9.17) is 0 Å². The van der Waals surface area contributed by atoms with Gasteiger partial charge in [0.1, 0.15) is 0 Å². The van der Waals surface area contributed by atoms with Crippen molar-refractivity contribution in [2.75, 3.05) is 4.72 Å². The molecule has 0 aliphatic rings. The maximum Gasteiger partial charge on any atom is 0.264 e. The van der Waals surface area contributed by atoms with Crippen LogP contribution in [0.25, 0.3) is 0 Å². The van der Waals surface area contributed by atoms with Crippen molar-refractivity contribution in [1.29, 1.82) is 0 Å². The van der Waals surface area contributed by atoms with Crippen LogP contribution in [-0.2, 0) is 16.4 Å². The molecule has 0 atom stereocenters. The molecule has 2 aromatic rings. The highest BCUT2D eigenvalue weighted by atomic mass is 32.2. The zero-order chi connectivity index (χ0) is 12.3. The first-order chi connectivity index (χ1) is 8.12. The summed E-state index contributed by atoms with van der Waals surface area (Å²) in [5.41, 5.74) is 1.10. The second-order valence-corrected chi connectivity index (χ2v) is 5.22. The Bertz CT molecular complexity index is 574. The average molecular weight is 251 g/mol. The molecule has 2 rings (SSSR count). The Kier molecular flexibility index (Phi) is 3.14. The van der Waals surface area contributed by atoms with Gasteiger partial charge in [0, 0.05) is 12.4 Å². The molecule has 0 amide bonds. The van der Waals surface area contributed by atoms with Crippen LogP contribution < -0.4 is 4.72 Å². The summed E-state index contributed by atoms with van der Waals surface area (Å²) >= 11 is 0. The molecule has 0 bridgehead atoms. The Hall–Kier alpha value is -1.82. The maximum atomic E-state index is 11.9. The van der Waals surface area contributed by atoms with E-state index in [-0.39, 0.29) is 10.8 Å². The van der Waals surface area contributed by atoms with Crippen LogP contribution >= 0.6 is 0 Å². The summed E-state index contributed by atoms with van der Waals surface area (Å²) in [7, 11) is -3.55. The van der Waals surface area contributed by atoms with Gasteiger partial charge >= 0.3 is 0 Å². The third kappa shape index (κ3) is 2.65. The topological polar surface area (TPSA) is 74.8 Å². The Balaban J connectivity index is 2.25. The minimum Gasteiger partial charge on any atom is -0.330 e. The highest BCUT2D eigenvalue weighted by Gasteiger charge is 2.14. The number of nitrogens with one attached hydrogen (secondary N) is 2. The summed E-state index contributed by atoms with van der Waals surface area (Å²) < 4.78 is 26.2. The number of nitrogens with zero attached hydrogens (tertiary/aromatic N) is 1. The molecule has 17 heavy (non-hydrogen) atoms. The Morgan fingerprint density at radius 3 is 2.53 bits per heavy atom. The fourth-order valence-electron chi connectivity index (χ4n) is 1.41. The molecule has 1 aromatic heterocycles. The standard InChI is InChI=1S/C11H13N3O2S/c1-2-9-3-5-10(6-4-9)17(15,16)14-11-12-7-8-13-11/h3-8H,2H2,1H3,(H2,12,13,14). The van der Waals surface area contributed by atoms with Crippen LogP contribution in [0.5, 0.6) is 0 Å². The van der Waals surface area contributed by atoms with Gasteiger partial charge in [-0.25, -0.2) is 18.1 Å². The van der Waals surface area contributed by atoms with E-state index in [1.54, 1.807) is 30.5 Å². The van der Waals surface area contributed by atoms with Crippen LogP contribution in [0.1, 0.15) is 12.5 Å². The van der Waals surface area contributed by atoms with Crippen LogP contribution in [0.3, 0.4) is 0 Å². The van der Waals surface area contributed by atoms with Gasteiger partial charge in [-0.15, -0.1) is 0 Å². The lowest BCUT2D eigenvalue weighted by molar-refractivity contribution is 0.601. The van der Waals surface area contributed by atoms with Gasteiger partial charge in [-0.1, -0.05) is 19.1 Å². The number of benzene rings is 1. The molecule has 0 fully saturated rings. The third-order valence-corrected chi connectivity index (χ3v) is 3.73. The SMILES string of the molecule is CCc1ccc(S(=O)(=O)Nc2ncc[nH]2)cc1. The van der Waals surface area contributed by atoms with Gasteiger partial charge in [-0.3, -0.25) is 0 Å². The van der Waals surface area contributed by atoms with Crippen molar-refractivity contribution in [3.63, 3.8) is 0 Å². The number of rotatable bonds is 4. The Morgan fingerprint density at radius 1 is 1.29 bits per heavy atom.